The molecule has 0 bridgehead atoms. The lowest BCUT2D eigenvalue weighted by Crippen LogP contribution is -2.08. The second-order valence-corrected chi connectivity index (χ2v) is 5.16. The van der Waals surface area contributed by atoms with Crippen LogP contribution in [0.3, 0.4) is 0 Å². The van der Waals surface area contributed by atoms with Crippen LogP contribution in [0.1, 0.15) is 19.4 Å². The maximum absolute atomic E-state index is 5.24. The molecule has 1 nitrogen and oxygen atoms in total. The van der Waals surface area contributed by atoms with E-state index in [9.17, 15) is 0 Å². The van der Waals surface area contributed by atoms with E-state index in [1.165, 1.54) is 5.56 Å². The molecule has 12 heavy (non-hydrogen) atoms. The van der Waals surface area contributed by atoms with Gasteiger partial charge in [0.15, 0.2) is 0 Å². The summed E-state index contributed by atoms with van der Waals surface area (Å²) in [6.45, 7) is 4.20. The molecule has 1 rings (SSSR count). The number of halogens is 1. The molecule has 0 N–H and O–H groups in total. The summed E-state index contributed by atoms with van der Waals surface area (Å²) in [7, 11) is 1.69. The normalized spacial score (nSPS) is 11.3. The van der Waals surface area contributed by atoms with Gasteiger partial charge in [-0.2, -0.15) is 0 Å². The molecule has 0 aliphatic heterocycles. The summed E-state index contributed by atoms with van der Waals surface area (Å²) >= 11 is 3.60. The Morgan fingerprint density at radius 3 is 2.25 bits per heavy atom. The second kappa shape index (κ2) is 3.48. The highest BCUT2D eigenvalue weighted by molar-refractivity contribution is 9.09. The summed E-state index contributed by atoms with van der Waals surface area (Å²) in [5.74, 6) is 0.930. The third-order valence-corrected chi connectivity index (χ3v) is 2.17. The third-order valence-electron chi connectivity index (χ3n) is 1.75. The average molecular weight is 229 g/mol. The van der Waals surface area contributed by atoms with E-state index in [1.54, 1.807) is 7.11 Å². The second-order valence-electron chi connectivity index (χ2n) is 3.17. The highest BCUT2D eigenvalue weighted by atomic mass is 79.9. The van der Waals surface area contributed by atoms with Crippen molar-refractivity contribution in [2.24, 2.45) is 0 Å². The predicted octanol–water partition coefficient (Wildman–Crippen LogP) is 3.33. The molecule has 0 aliphatic carbocycles. The topological polar surface area (TPSA) is 9.23 Å². The summed E-state index contributed by atoms with van der Waals surface area (Å²) < 4.78 is 5.21. The van der Waals surface area contributed by atoms with E-state index in [0.717, 1.165) is 5.75 Å². The van der Waals surface area contributed by atoms with Gasteiger partial charge in [-0.1, -0.05) is 34.1 Å². The number of rotatable bonds is 2. The van der Waals surface area contributed by atoms with Crippen molar-refractivity contribution in [3.63, 3.8) is 0 Å². The summed E-state index contributed by atoms with van der Waals surface area (Å²) in [6.07, 6.45) is 0. The van der Waals surface area contributed by atoms with Crippen LogP contribution in [0.4, 0.5) is 0 Å². The number of para-hydroxylation sites is 1. The zero-order chi connectivity index (χ0) is 9.19. The van der Waals surface area contributed by atoms with Crippen molar-refractivity contribution in [1.29, 1.82) is 0 Å². The Balaban J connectivity index is 3.14. The van der Waals surface area contributed by atoms with Crippen LogP contribution in [-0.2, 0) is 4.32 Å². The lowest BCUT2D eigenvalue weighted by Gasteiger charge is -2.19. The van der Waals surface area contributed by atoms with Gasteiger partial charge >= 0.3 is 0 Å². The fraction of sp³-hybridized carbons (Fsp3) is 0.400. The average Bonchev–Trinajstić information content (AvgIpc) is 2.03. The molecule has 0 heterocycles. The fourth-order valence-electron chi connectivity index (χ4n) is 1.14. The molecule has 66 valence electrons. The van der Waals surface area contributed by atoms with Gasteiger partial charge < -0.3 is 4.74 Å². The van der Waals surface area contributed by atoms with Crippen LogP contribution in [0.25, 0.3) is 0 Å². The van der Waals surface area contributed by atoms with Gasteiger partial charge in [0.25, 0.3) is 0 Å². The summed E-state index contributed by atoms with van der Waals surface area (Å²) in [5.41, 5.74) is 1.17. The minimum absolute atomic E-state index is 0.0282. The molecule has 1 aromatic rings. The first-order valence-electron chi connectivity index (χ1n) is 3.88. The van der Waals surface area contributed by atoms with E-state index in [-0.39, 0.29) is 4.32 Å². The van der Waals surface area contributed by atoms with Gasteiger partial charge in [-0.25, -0.2) is 0 Å². The molecular formula is C10H13BrO. The minimum Gasteiger partial charge on any atom is -0.496 e. The summed E-state index contributed by atoms with van der Waals surface area (Å²) in [4.78, 5) is 0. The van der Waals surface area contributed by atoms with Crippen molar-refractivity contribution in [2.75, 3.05) is 7.11 Å². The van der Waals surface area contributed by atoms with E-state index >= 15 is 0 Å². The molecule has 0 radical (unpaired) electrons. The van der Waals surface area contributed by atoms with Gasteiger partial charge in [-0.05, 0) is 19.9 Å². The Bertz CT molecular complexity index is 263. The van der Waals surface area contributed by atoms with Crippen molar-refractivity contribution >= 4 is 15.9 Å². The van der Waals surface area contributed by atoms with E-state index in [0.29, 0.717) is 0 Å². The van der Waals surface area contributed by atoms with Gasteiger partial charge in [0.1, 0.15) is 5.75 Å². The molecule has 0 unspecified atom stereocenters. The van der Waals surface area contributed by atoms with E-state index in [1.807, 2.05) is 18.2 Å². The van der Waals surface area contributed by atoms with E-state index in [4.69, 9.17) is 4.74 Å². The maximum Gasteiger partial charge on any atom is 0.123 e. The number of hydrogen-bond acceptors (Lipinski definition) is 1. The lowest BCUT2D eigenvalue weighted by molar-refractivity contribution is 0.406. The van der Waals surface area contributed by atoms with Crippen molar-refractivity contribution < 1.29 is 4.74 Å². The summed E-state index contributed by atoms with van der Waals surface area (Å²) in [6, 6.07) is 8.02. The Morgan fingerprint density at radius 2 is 1.83 bits per heavy atom. The Morgan fingerprint density at radius 1 is 1.25 bits per heavy atom. The van der Waals surface area contributed by atoms with Gasteiger partial charge in [0.2, 0.25) is 0 Å². The Kier molecular flexibility index (Phi) is 2.78. The number of benzene rings is 1. The smallest absolute Gasteiger partial charge is 0.123 e. The van der Waals surface area contributed by atoms with Crippen LogP contribution in [0.15, 0.2) is 24.3 Å². The van der Waals surface area contributed by atoms with Crippen molar-refractivity contribution in [1.82, 2.24) is 0 Å². The molecule has 0 saturated heterocycles. The quantitative estimate of drug-likeness (QED) is 0.707. The van der Waals surface area contributed by atoms with Crippen LogP contribution in [0.2, 0.25) is 0 Å². The standard InChI is InChI=1S/C10H13BrO/c1-10(2,11)8-6-4-5-7-9(8)12-3/h4-7H,1-3H3. The predicted molar refractivity (Wildman–Crippen MR) is 54.9 cm³/mol. The molecule has 0 aliphatic rings. The Labute approximate surface area is 81.9 Å². The van der Waals surface area contributed by atoms with Crippen LogP contribution >= 0.6 is 15.9 Å². The van der Waals surface area contributed by atoms with E-state index in [2.05, 4.69) is 35.8 Å². The molecule has 0 spiro atoms. The number of methoxy groups -OCH3 is 1. The lowest BCUT2D eigenvalue weighted by atomic mass is 10.0. The monoisotopic (exact) mass is 228 g/mol. The molecule has 1 aromatic carbocycles. The maximum atomic E-state index is 5.24. The fourth-order valence-corrected chi connectivity index (χ4v) is 1.46. The largest absolute Gasteiger partial charge is 0.496 e. The zero-order valence-electron chi connectivity index (χ0n) is 7.60. The molecular weight excluding hydrogens is 216 g/mol. The highest BCUT2D eigenvalue weighted by Gasteiger charge is 2.19. The number of alkyl halides is 1. The molecule has 0 atom stereocenters. The van der Waals surface area contributed by atoms with Gasteiger partial charge in [-0.15, -0.1) is 0 Å². The van der Waals surface area contributed by atoms with Gasteiger partial charge in [0, 0.05) is 9.89 Å². The first-order valence-corrected chi connectivity index (χ1v) is 4.67. The van der Waals surface area contributed by atoms with Crippen molar-refractivity contribution in [3.8, 4) is 5.75 Å². The van der Waals surface area contributed by atoms with Gasteiger partial charge in [-0.3, -0.25) is 0 Å². The first-order chi connectivity index (χ1) is 5.55. The molecule has 2 heteroatoms. The highest BCUT2D eigenvalue weighted by Crippen LogP contribution is 2.35. The zero-order valence-corrected chi connectivity index (χ0v) is 9.18. The number of ether oxygens (including phenoxy) is 1. The van der Waals surface area contributed by atoms with Crippen molar-refractivity contribution in [2.45, 2.75) is 18.2 Å². The van der Waals surface area contributed by atoms with Crippen LogP contribution in [0.5, 0.6) is 5.75 Å². The molecule has 0 saturated carbocycles. The van der Waals surface area contributed by atoms with Crippen LogP contribution in [0, 0.1) is 0 Å². The van der Waals surface area contributed by atoms with Crippen LogP contribution < -0.4 is 4.74 Å². The van der Waals surface area contributed by atoms with E-state index < -0.39 is 0 Å². The molecule has 0 aromatic heterocycles. The van der Waals surface area contributed by atoms with Crippen LogP contribution in [-0.4, -0.2) is 7.11 Å². The minimum atomic E-state index is -0.0282. The SMILES string of the molecule is COc1ccccc1C(C)(C)Br. The molecule has 0 fully saturated rings. The van der Waals surface area contributed by atoms with Gasteiger partial charge in [0.05, 0.1) is 7.11 Å². The van der Waals surface area contributed by atoms with Crippen molar-refractivity contribution in [3.05, 3.63) is 29.8 Å². The number of hydrogen-bond donors (Lipinski definition) is 0. The Hall–Kier alpha value is -0.500. The first kappa shape index (κ1) is 9.59. The molecule has 0 amide bonds. The summed E-state index contributed by atoms with van der Waals surface area (Å²) in [5, 5.41) is 0. The third kappa shape index (κ3) is 2.01.